The Labute approximate surface area is 85.4 Å². The van der Waals surface area contributed by atoms with Gasteiger partial charge in [0.1, 0.15) is 6.61 Å². The number of fused-ring (bicyclic) bond motifs is 1. The van der Waals surface area contributed by atoms with Crippen molar-refractivity contribution >= 4 is 22.9 Å². The predicted octanol–water partition coefficient (Wildman–Crippen LogP) is 1.11. The van der Waals surface area contributed by atoms with Crippen LogP contribution >= 0.6 is 11.6 Å². The van der Waals surface area contributed by atoms with E-state index in [1.165, 1.54) is 0 Å². The number of halogens is 1. The summed E-state index contributed by atoms with van der Waals surface area (Å²) in [5, 5.41) is 4.63. The highest BCUT2D eigenvalue weighted by Crippen LogP contribution is 2.19. The van der Waals surface area contributed by atoms with Crippen molar-refractivity contribution < 1.29 is 4.74 Å². The monoisotopic (exact) mass is 212 g/mol. The normalized spacial score (nSPS) is 11.0. The maximum absolute atomic E-state index is 5.84. The minimum Gasteiger partial charge on any atom is -0.396 e. The maximum Gasteiger partial charge on any atom is 0.177 e. The average molecular weight is 213 g/mol. The Morgan fingerprint density at radius 2 is 2.43 bits per heavy atom. The molecule has 0 aliphatic heterocycles. The van der Waals surface area contributed by atoms with Crippen molar-refractivity contribution in [3.8, 4) is 0 Å². The summed E-state index contributed by atoms with van der Waals surface area (Å²) in [5.41, 5.74) is 6.76. The van der Waals surface area contributed by atoms with E-state index >= 15 is 0 Å². The van der Waals surface area contributed by atoms with Gasteiger partial charge in [0, 0.05) is 13.2 Å². The molecular weight excluding hydrogens is 204 g/mol. The van der Waals surface area contributed by atoms with Crippen LogP contribution in [0.15, 0.2) is 12.3 Å². The fourth-order valence-corrected chi connectivity index (χ4v) is 1.30. The molecule has 0 aromatic carbocycles. The van der Waals surface area contributed by atoms with E-state index in [2.05, 4.69) is 10.1 Å². The van der Waals surface area contributed by atoms with Crippen LogP contribution in [0.5, 0.6) is 0 Å². The number of methoxy groups -OCH3 is 1. The zero-order valence-electron chi connectivity index (χ0n) is 7.57. The lowest BCUT2D eigenvalue weighted by Crippen LogP contribution is -1.94. The lowest BCUT2D eigenvalue weighted by molar-refractivity contribution is 0.178. The zero-order valence-corrected chi connectivity index (χ0v) is 8.32. The zero-order chi connectivity index (χ0) is 10.1. The molecule has 0 aliphatic rings. The minimum absolute atomic E-state index is 0.374. The summed E-state index contributed by atoms with van der Waals surface area (Å²) in [5.74, 6) is 0.606. The summed E-state index contributed by atoms with van der Waals surface area (Å²) in [4.78, 5) is 4.19. The van der Waals surface area contributed by atoms with E-state index in [0.717, 1.165) is 0 Å². The molecule has 0 unspecified atom stereocenters. The van der Waals surface area contributed by atoms with Crippen LogP contribution in [0.3, 0.4) is 0 Å². The number of pyridine rings is 1. The van der Waals surface area contributed by atoms with Crippen molar-refractivity contribution in [2.24, 2.45) is 0 Å². The summed E-state index contributed by atoms with van der Waals surface area (Å²) in [6, 6.07) is 1.67. The van der Waals surface area contributed by atoms with Crippen LogP contribution in [0.4, 0.5) is 5.69 Å². The Kier molecular flexibility index (Phi) is 2.26. The lowest BCUT2D eigenvalue weighted by Gasteiger charge is -1.96. The summed E-state index contributed by atoms with van der Waals surface area (Å²) in [7, 11) is 1.59. The molecule has 0 bridgehead atoms. The van der Waals surface area contributed by atoms with Crippen molar-refractivity contribution in [2.45, 2.75) is 6.61 Å². The molecule has 2 rings (SSSR count). The molecule has 0 spiro atoms. The van der Waals surface area contributed by atoms with Crippen molar-refractivity contribution in [1.29, 1.82) is 0 Å². The van der Waals surface area contributed by atoms with E-state index < -0.39 is 0 Å². The predicted molar refractivity (Wildman–Crippen MR) is 53.1 cm³/mol. The third-order valence-corrected chi connectivity index (χ3v) is 2.10. The smallest absolute Gasteiger partial charge is 0.177 e. The van der Waals surface area contributed by atoms with Gasteiger partial charge in [-0.05, 0) is 0 Å². The first-order valence-corrected chi connectivity index (χ1v) is 4.37. The molecule has 0 radical (unpaired) electrons. The average Bonchev–Trinajstić information content (AvgIpc) is 2.48. The van der Waals surface area contributed by atoms with Gasteiger partial charge >= 0.3 is 0 Å². The Balaban J connectivity index is 2.54. The molecule has 2 N–H and O–H groups in total. The number of ether oxygens (including phenoxy) is 1. The van der Waals surface area contributed by atoms with Gasteiger partial charge in [-0.1, -0.05) is 11.6 Å². The standard InChI is InChI=1S/C8H9ClN4O/c1-14-4-7-11-8-2-5(9)6(10)3-13(8)12-7/h2-3H,4,10H2,1H3. The van der Waals surface area contributed by atoms with E-state index in [4.69, 9.17) is 22.1 Å². The van der Waals surface area contributed by atoms with Crippen molar-refractivity contribution in [1.82, 2.24) is 14.6 Å². The molecule has 14 heavy (non-hydrogen) atoms. The van der Waals surface area contributed by atoms with E-state index in [1.807, 2.05) is 0 Å². The quantitative estimate of drug-likeness (QED) is 0.810. The van der Waals surface area contributed by atoms with E-state index in [9.17, 15) is 0 Å². The van der Waals surface area contributed by atoms with Gasteiger partial charge in [0.15, 0.2) is 11.5 Å². The maximum atomic E-state index is 5.84. The molecule has 0 amide bonds. The topological polar surface area (TPSA) is 65.4 Å². The van der Waals surface area contributed by atoms with Crippen LogP contribution in [0, 0.1) is 0 Å². The Bertz CT molecular complexity index is 429. The second-order valence-electron chi connectivity index (χ2n) is 2.84. The molecule has 2 heterocycles. The van der Waals surface area contributed by atoms with Gasteiger partial charge in [-0.3, -0.25) is 0 Å². The summed E-state index contributed by atoms with van der Waals surface area (Å²) in [6.07, 6.45) is 1.63. The Hall–Kier alpha value is -1.33. The molecule has 0 saturated carbocycles. The van der Waals surface area contributed by atoms with Crippen molar-refractivity contribution in [3.05, 3.63) is 23.1 Å². The highest BCUT2D eigenvalue weighted by molar-refractivity contribution is 6.33. The molecule has 0 aliphatic carbocycles. The van der Waals surface area contributed by atoms with Gasteiger partial charge in [-0.25, -0.2) is 9.50 Å². The van der Waals surface area contributed by atoms with Crippen molar-refractivity contribution in [3.63, 3.8) is 0 Å². The third kappa shape index (κ3) is 1.51. The highest BCUT2D eigenvalue weighted by atomic mass is 35.5. The summed E-state index contributed by atoms with van der Waals surface area (Å²) >= 11 is 5.84. The molecule has 2 aromatic heterocycles. The molecule has 0 fully saturated rings. The van der Waals surface area contributed by atoms with Crippen LogP contribution in [-0.2, 0) is 11.3 Å². The van der Waals surface area contributed by atoms with Crippen LogP contribution in [0.25, 0.3) is 5.65 Å². The molecule has 0 saturated heterocycles. The van der Waals surface area contributed by atoms with Crippen LogP contribution < -0.4 is 5.73 Å². The summed E-state index contributed by atoms with van der Waals surface area (Å²) in [6.45, 7) is 0.374. The van der Waals surface area contributed by atoms with E-state index in [0.29, 0.717) is 28.8 Å². The largest absolute Gasteiger partial charge is 0.396 e. The number of nitrogen functional groups attached to an aromatic ring is 1. The number of hydrogen-bond donors (Lipinski definition) is 1. The van der Waals surface area contributed by atoms with Gasteiger partial charge in [0.25, 0.3) is 0 Å². The molecule has 74 valence electrons. The second kappa shape index (κ2) is 3.43. The van der Waals surface area contributed by atoms with Gasteiger partial charge in [0.2, 0.25) is 0 Å². The van der Waals surface area contributed by atoms with E-state index in [1.54, 1.807) is 23.9 Å². The molecule has 6 heteroatoms. The molecule has 0 atom stereocenters. The van der Waals surface area contributed by atoms with E-state index in [-0.39, 0.29) is 0 Å². The van der Waals surface area contributed by atoms with Gasteiger partial charge < -0.3 is 10.5 Å². The first-order valence-electron chi connectivity index (χ1n) is 4.00. The Morgan fingerprint density at radius 1 is 1.64 bits per heavy atom. The van der Waals surface area contributed by atoms with Crippen LogP contribution in [0.2, 0.25) is 5.02 Å². The van der Waals surface area contributed by atoms with Gasteiger partial charge in [0.05, 0.1) is 16.9 Å². The molecular formula is C8H9ClN4O. The number of anilines is 1. The van der Waals surface area contributed by atoms with Gasteiger partial charge in [-0.15, -0.1) is 5.10 Å². The summed E-state index contributed by atoms with van der Waals surface area (Å²) < 4.78 is 6.49. The number of rotatable bonds is 2. The fraction of sp³-hybridized carbons (Fsp3) is 0.250. The Morgan fingerprint density at radius 3 is 3.14 bits per heavy atom. The van der Waals surface area contributed by atoms with Crippen LogP contribution in [0.1, 0.15) is 5.82 Å². The number of nitrogens with zero attached hydrogens (tertiary/aromatic N) is 3. The number of nitrogens with two attached hydrogens (primary N) is 1. The first-order chi connectivity index (χ1) is 6.70. The first kappa shape index (κ1) is 9.23. The molecule has 5 nitrogen and oxygen atoms in total. The van der Waals surface area contributed by atoms with Crippen molar-refractivity contribution in [2.75, 3.05) is 12.8 Å². The minimum atomic E-state index is 0.374. The fourth-order valence-electron chi connectivity index (χ4n) is 1.16. The highest BCUT2D eigenvalue weighted by Gasteiger charge is 2.05. The third-order valence-electron chi connectivity index (χ3n) is 1.77. The lowest BCUT2D eigenvalue weighted by atomic mass is 10.4. The molecule has 2 aromatic rings. The van der Waals surface area contributed by atoms with Crippen LogP contribution in [-0.4, -0.2) is 21.7 Å². The van der Waals surface area contributed by atoms with Gasteiger partial charge in [-0.2, -0.15) is 0 Å². The number of hydrogen-bond acceptors (Lipinski definition) is 4. The number of aromatic nitrogens is 3. The second-order valence-corrected chi connectivity index (χ2v) is 3.25. The SMILES string of the molecule is COCc1nc2cc(Cl)c(N)cn2n1.